The van der Waals surface area contributed by atoms with Crippen LogP contribution in [0.3, 0.4) is 0 Å². The van der Waals surface area contributed by atoms with Crippen LogP contribution in [0.2, 0.25) is 0 Å². The van der Waals surface area contributed by atoms with Gasteiger partial charge in [0.05, 0.1) is 11.4 Å². The SMILES string of the molecule is CN(C)c1ccc(C(=O)c2ccc(F)cc2)cc1N. The van der Waals surface area contributed by atoms with Gasteiger partial charge in [-0.15, -0.1) is 0 Å². The number of benzene rings is 2. The van der Waals surface area contributed by atoms with Crippen LogP contribution in [-0.2, 0) is 0 Å². The molecule has 98 valence electrons. The zero-order chi connectivity index (χ0) is 14.0. The van der Waals surface area contributed by atoms with E-state index in [-0.39, 0.29) is 11.6 Å². The van der Waals surface area contributed by atoms with Crippen LogP contribution in [0.4, 0.5) is 15.8 Å². The molecule has 0 aromatic heterocycles. The van der Waals surface area contributed by atoms with Gasteiger partial charge in [-0.1, -0.05) is 0 Å². The fourth-order valence-electron chi connectivity index (χ4n) is 1.87. The van der Waals surface area contributed by atoms with E-state index in [2.05, 4.69) is 0 Å². The van der Waals surface area contributed by atoms with Gasteiger partial charge in [0.2, 0.25) is 0 Å². The maximum absolute atomic E-state index is 12.8. The number of rotatable bonds is 3. The summed E-state index contributed by atoms with van der Waals surface area (Å²) in [5.41, 5.74) is 8.24. The second-order valence-electron chi connectivity index (χ2n) is 4.50. The first kappa shape index (κ1) is 13.1. The number of nitrogens with zero attached hydrogens (tertiary/aromatic N) is 1. The molecule has 0 aliphatic heterocycles. The second kappa shape index (κ2) is 5.10. The van der Waals surface area contributed by atoms with Crippen LogP contribution in [0.1, 0.15) is 15.9 Å². The first-order chi connectivity index (χ1) is 8.99. The van der Waals surface area contributed by atoms with Crippen LogP contribution >= 0.6 is 0 Å². The molecule has 0 radical (unpaired) electrons. The molecule has 0 spiro atoms. The fourth-order valence-corrected chi connectivity index (χ4v) is 1.87. The Morgan fingerprint density at radius 3 is 2.16 bits per heavy atom. The van der Waals surface area contributed by atoms with Crippen molar-refractivity contribution in [2.75, 3.05) is 24.7 Å². The van der Waals surface area contributed by atoms with E-state index in [0.29, 0.717) is 16.8 Å². The zero-order valence-electron chi connectivity index (χ0n) is 10.9. The summed E-state index contributed by atoms with van der Waals surface area (Å²) in [6.07, 6.45) is 0. The molecule has 0 saturated carbocycles. The average Bonchev–Trinajstić information content (AvgIpc) is 2.38. The first-order valence-electron chi connectivity index (χ1n) is 5.86. The zero-order valence-corrected chi connectivity index (χ0v) is 10.9. The maximum Gasteiger partial charge on any atom is 0.193 e. The quantitative estimate of drug-likeness (QED) is 0.680. The lowest BCUT2D eigenvalue weighted by molar-refractivity contribution is 0.103. The number of hydrogen-bond donors (Lipinski definition) is 1. The fraction of sp³-hybridized carbons (Fsp3) is 0.133. The Bertz CT molecular complexity index is 606. The van der Waals surface area contributed by atoms with Crippen molar-refractivity contribution >= 4 is 17.2 Å². The molecule has 19 heavy (non-hydrogen) atoms. The van der Waals surface area contributed by atoms with Gasteiger partial charge in [-0.25, -0.2) is 4.39 Å². The number of halogens is 1. The van der Waals surface area contributed by atoms with Crippen molar-refractivity contribution in [1.29, 1.82) is 0 Å². The Labute approximate surface area is 111 Å². The van der Waals surface area contributed by atoms with Crippen LogP contribution in [0, 0.1) is 5.82 Å². The van der Waals surface area contributed by atoms with Gasteiger partial charge < -0.3 is 10.6 Å². The number of nitrogens with two attached hydrogens (primary N) is 1. The van der Waals surface area contributed by atoms with Crippen molar-refractivity contribution in [1.82, 2.24) is 0 Å². The third-order valence-electron chi connectivity index (χ3n) is 2.88. The highest BCUT2D eigenvalue weighted by atomic mass is 19.1. The number of nitrogen functional groups attached to an aromatic ring is 1. The van der Waals surface area contributed by atoms with Gasteiger partial charge in [-0.3, -0.25) is 4.79 Å². The Morgan fingerprint density at radius 2 is 1.63 bits per heavy atom. The van der Waals surface area contributed by atoms with Crippen molar-refractivity contribution in [3.05, 3.63) is 59.4 Å². The molecule has 2 aromatic carbocycles. The third kappa shape index (κ3) is 2.73. The van der Waals surface area contributed by atoms with Crippen LogP contribution in [0.5, 0.6) is 0 Å². The van der Waals surface area contributed by atoms with Crippen molar-refractivity contribution in [2.24, 2.45) is 0 Å². The van der Waals surface area contributed by atoms with E-state index < -0.39 is 0 Å². The topological polar surface area (TPSA) is 46.3 Å². The maximum atomic E-state index is 12.8. The normalized spacial score (nSPS) is 10.3. The molecular formula is C15H15FN2O. The minimum Gasteiger partial charge on any atom is -0.397 e. The lowest BCUT2D eigenvalue weighted by Gasteiger charge is -2.15. The molecule has 0 unspecified atom stereocenters. The van der Waals surface area contributed by atoms with Gasteiger partial charge in [0, 0.05) is 25.2 Å². The molecular weight excluding hydrogens is 243 g/mol. The predicted octanol–water partition coefficient (Wildman–Crippen LogP) is 2.70. The number of ketones is 1. The monoisotopic (exact) mass is 258 g/mol. The lowest BCUT2D eigenvalue weighted by atomic mass is 10.0. The molecule has 0 saturated heterocycles. The van der Waals surface area contributed by atoms with Gasteiger partial charge >= 0.3 is 0 Å². The molecule has 2 N–H and O–H groups in total. The van der Waals surface area contributed by atoms with Gasteiger partial charge in [0.15, 0.2) is 5.78 Å². The number of carbonyl (C=O) groups is 1. The van der Waals surface area contributed by atoms with E-state index in [1.165, 1.54) is 24.3 Å². The Morgan fingerprint density at radius 1 is 1.05 bits per heavy atom. The highest BCUT2D eigenvalue weighted by Crippen LogP contribution is 2.23. The van der Waals surface area contributed by atoms with Gasteiger partial charge in [0.25, 0.3) is 0 Å². The summed E-state index contributed by atoms with van der Waals surface area (Å²) in [4.78, 5) is 14.1. The Hall–Kier alpha value is -2.36. The molecule has 0 amide bonds. The van der Waals surface area contributed by atoms with E-state index in [1.54, 1.807) is 18.2 Å². The molecule has 3 nitrogen and oxygen atoms in total. The molecule has 0 bridgehead atoms. The van der Waals surface area contributed by atoms with Crippen molar-refractivity contribution in [3.8, 4) is 0 Å². The Balaban J connectivity index is 2.34. The van der Waals surface area contributed by atoms with Gasteiger partial charge in [0.1, 0.15) is 5.82 Å². The predicted molar refractivity (Wildman–Crippen MR) is 75.0 cm³/mol. The van der Waals surface area contributed by atoms with Gasteiger partial charge in [-0.05, 0) is 42.5 Å². The van der Waals surface area contributed by atoms with Crippen molar-refractivity contribution < 1.29 is 9.18 Å². The van der Waals surface area contributed by atoms with Crippen LogP contribution in [-0.4, -0.2) is 19.9 Å². The highest BCUT2D eigenvalue weighted by Gasteiger charge is 2.11. The molecule has 0 heterocycles. The Kier molecular flexibility index (Phi) is 3.51. The first-order valence-corrected chi connectivity index (χ1v) is 5.86. The van der Waals surface area contributed by atoms with E-state index >= 15 is 0 Å². The smallest absolute Gasteiger partial charge is 0.193 e. The van der Waals surface area contributed by atoms with Crippen LogP contribution < -0.4 is 10.6 Å². The van der Waals surface area contributed by atoms with E-state index in [0.717, 1.165) is 5.69 Å². The van der Waals surface area contributed by atoms with E-state index in [4.69, 9.17) is 5.73 Å². The largest absolute Gasteiger partial charge is 0.397 e. The summed E-state index contributed by atoms with van der Waals surface area (Å²) in [5.74, 6) is -0.531. The molecule has 0 aliphatic rings. The molecule has 4 heteroatoms. The molecule has 2 aromatic rings. The summed E-state index contributed by atoms with van der Waals surface area (Å²) < 4.78 is 12.8. The minimum absolute atomic E-state index is 0.169. The summed E-state index contributed by atoms with van der Waals surface area (Å²) >= 11 is 0. The van der Waals surface area contributed by atoms with Crippen LogP contribution in [0.25, 0.3) is 0 Å². The lowest BCUT2D eigenvalue weighted by Crippen LogP contribution is -2.12. The van der Waals surface area contributed by atoms with E-state index in [9.17, 15) is 9.18 Å². The van der Waals surface area contributed by atoms with Crippen molar-refractivity contribution in [3.63, 3.8) is 0 Å². The number of hydrogen-bond acceptors (Lipinski definition) is 3. The van der Waals surface area contributed by atoms with Crippen molar-refractivity contribution in [2.45, 2.75) is 0 Å². The average molecular weight is 258 g/mol. The molecule has 0 atom stereocenters. The number of carbonyl (C=O) groups excluding carboxylic acids is 1. The van der Waals surface area contributed by atoms with Gasteiger partial charge in [-0.2, -0.15) is 0 Å². The highest BCUT2D eigenvalue weighted by molar-refractivity contribution is 6.09. The molecule has 2 rings (SSSR count). The third-order valence-corrected chi connectivity index (χ3v) is 2.88. The van der Waals surface area contributed by atoms with Crippen LogP contribution in [0.15, 0.2) is 42.5 Å². The number of anilines is 2. The summed E-state index contributed by atoms with van der Waals surface area (Å²) in [6.45, 7) is 0. The molecule has 0 aliphatic carbocycles. The summed E-state index contributed by atoms with van der Waals surface area (Å²) in [6, 6.07) is 10.6. The summed E-state index contributed by atoms with van der Waals surface area (Å²) in [7, 11) is 3.76. The standard InChI is InChI=1S/C15H15FN2O/c1-18(2)14-8-5-11(9-13(14)17)15(19)10-3-6-12(16)7-4-10/h3-9H,17H2,1-2H3. The second-order valence-corrected chi connectivity index (χ2v) is 4.50. The summed E-state index contributed by atoms with van der Waals surface area (Å²) in [5, 5.41) is 0. The van der Waals surface area contributed by atoms with E-state index in [1.807, 2.05) is 19.0 Å². The minimum atomic E-state index is -0.362. The molecule has 0 fully saturated rings.